The molecule has 18 heavy (non-hydrogen) atoms. The Morgan fingerprint density at radius 2 is 1.17 bits per heavy atom. The molecular weight excluding hydrogens is 236 g/mol. The van der Waals surface area contributed by atoms with Gasteiger partial charge in [0.15, 0.2) is 8.32 Å². The van der Waals surface area contributed by atoms with Gasteiger partial charge >= 0.3 is 0 Å². The molecule has 2 heteroatoms. The van der Waals surface area contributed by atoms with Crippen molar-refractivity contribution in [3.8, 4) is 0 Å². The van der Waals surface area contributed by atoms with Gasteiger partial charge in [0.1, 0.15) is 0 Å². The molecule has 0 aromatic heterocycles. The van der Waals surface area contributed by atoms with E-state index in [1.165, 1.54) is 12.8 Å². The standard InChI is InChI=1S/C16H28OSi/c1-16(2,3)18(4,5)17-15-13-7-11(13)9-6-10(9)12-8-14(12)15/h9-15H,6-8H2,1-5H3/t9-,10+,11-,12+,13-,14-,15?/m1/s1. The van der Waals surface area contributed by atoms with E-state index in [2.05, 4.69) is 33.9 Å². The third kappa shape index (κ3) is 1.61. The van der Waals surface area contributed by atoms with E-state index in [0.717, 1.165) is 35.5 Å². The van der Waals surface area contributed by atoms with Gasteiger partial charge in [-0.25, -0.2) is 0 Å². The number of hydrogen-bond acceptors (Lipinski definition) is 1. The number of fused-ring (bicyclic) bond motifs is 5. The van der Waals surface area contributed by atoms with Crippen molar-refractivity contribution in [2.24, 2.45) is 35.5 Å². The highest BCUT2D eigenvalue weighted by Crippen LogP contribution is 2.73. The summed E-state index contributed by atoms with van der Waals surface area (Å²) in [6.45, 7) is 12.0. The molecule has 4 fully saturated rings. The molecule has 7 atom stereocenters. The minimum atomic E-state index is -1.55. The van der Waals surface area contributed by atoms with Crippen LogP contribution < -0.4 is 0 Å². The van der Waals surface area contributed by atoms with Crippen LogP contribution in [0.5, 0.6) is 0 Å². The van der Waals surface area contributed by atoms with Crippen LogP contribution in [0.1, 0.15) is 40.0 Å². The van der Waals surface area contributed by atoms with Gasteiger partial charge in [0, 0.05) is 0 Å². The van der Waals surface area contributed by atoms with Gasteiger partial charge in [-0.15, -0.1) is 0 Å². The van der Waals surface area contributed by atoms with Gasteiger partial charge in [0.05, 0.1) is 6.10 Å². The van der Waals surface area contributed by atoms with Crippen LogP contribution in [0.25, 0.3) is 0 Å². The molecule has 0 amide bonds. The van der Waals surface area contributed by atoms with Gasteiger partial charge in [-0.3, -0.25) is 0 Å². The lowest BCUT2D eigenvalue weighted by molar-refractivity contribution is 0.127. The van der Waals surface area contributed by atoms with E-state index in [4.69, 9.17) is 4.43 Å². The zero-order valence-corrected chi connectivity index (χ0v) is 13.6. The van der Waals surface area contributed by atoms with Crippen molar-refractivity contribution in [2.45, 2.75) is 64.3 Å². The van der Waals surface area contributed by atoms with Gasteiger partial charge in [0.25, 0.3) is 0 Å². The highest BCUT2D eigenvalue weighted by Gasteiger charge is 2.69. The van der Waals surface area contributed by atoms with Crippen molar-refractivity contribution in [3.05, 3.63) is 0 Å². The Labute approximate surface area is 113 Å². The van der Waals surface area contributed by atoms with Gasteiger partial charge in [-0.1, -0.05) is 20.8 Å². The van der Waals surface area contributed by atoms with E-state index in [1.54, 1.807) is 6.42 Å². The van der Waals surface area contributed by atoms with Crippen molar-refractivity contribution >= 4 is 8.32 Å². The Balaban J connectivity index is 1.52. The Morgan fingerprint density at radius 1 is 0.778 bits per heavy atom. The lowest BCUT2D eigenvalue weighted by Gasteiger charge is -2.40. The quantitative estimate of drug-likeness (QED) is 0.676. The first kappa shape index (κ1) is 12.0. The highest BCUT2D eigenvalue weighted by atomic mass is 28.4. The van der Waals surface area contributed by atoms with Gasteiger partial charge in [0.2, 0.25) is 0 Å². The maximum absolute atomic E-state index is 6.84. The second-order valence-electron chi connectivity index (χ2n) is 9.03. The van der Waals surface area contributed by atoms with Crippen LogP contribution in [0.4, 0.5) is 0 Å². The van der Waals surface area contributed by atoms with Crippen LogP contribution in [-0.2, 0) is 4.43 Å². The molecule has 1 nitrogen and oxygen atoms in total. The summed E-state index contributed by atoms with van der Waals surface area (Å²) in [5, 5.41) is 0.372. The molecule has 0 spiro atoms. The van der Waals surface area contributed by atoms with Crippen LogP contribution in [-0.4, -0.2) is 14.4 Å². The minimum Gasteiger partial charge on any atom is -0.413 e. The van der Waals surface area contributed by atoms with Gasteiger partial charge in [-0.2, -0.15) is 0 Å². The fourth-order valence-electron chi connectivity index (χ4n) is 4.44. The second kappa shape index (κ2) is 3.25. The zero-order valence-electron chi connectivity index (χ0n) is 12.6. The van der Waals surface area contributed by atoms with Crippen molar-refractivity contribution < 1.29 is 4.43 Å². The van der Waals surface area contributed by atoms with E-state index in [0.29, 0.717) is 11.1 Å². The summed E-state index contributed by atoms with van der Waals surface area (Å²) < 4.78 is 6.84. The van der Waals surface area contributed by atoms with Gasteiger partial charge in [-0.05, 0) is 72.9 Å². The van der Waals surface area contributed by atoms with E-state index < -0.39 is 8.32 Å². The fraction of sp³-hybridized carbons (Fsp3) is 1.00. The molecule has 4 saturated carbocycles. The van der Waals surface area contributed by atoms with Crippen molar-refractivity contribution in [1.82, 2.24) is 0 Å². The third-order valence-electron chi connectivity index (χ3n) is 6.85. The summed E-state index contributed by atoms with van der Waals surface area (Å²) >= 11 is 0. The molecule has 0 saturated heterocycles. The maximum Gasteiger partial charge on any atom is 0.192 e. The molecule has 0 bridgehead atoms. The maximum atomic E-state index is 6.84. The van der Waals surface area contributed by atoms with Crippen LogP contribution in [0.3, 0.4) is 0 Å². The first-order valence-electron chi connectivity index (χ1n) is 7.97. The van der Waals surface area contributed by atoms with Crippen LogP contribution in [0, 0.1) is 35.5 Å². The van der Waals surface area contributed by atoms with Crippen molar-refractivity contribution in [3.63, 3.8) is 0 Å². The predicted molar refractivity (Wildman–Crippen MR) is 76.9 cm³/mol. The normalized spacial score (nSPS) is 49.8. The SMILES string of the molecule is CC(C)(C)[Si](C)(C)OC1[C@@H]2C[C@@H]2[C@@H]2C[C@@H]2[C@@H]2C[C@@H]12. The summed E-state index contributed by atoms with van der Waals surface area (Å²) in [5.41, 5.74) is 0. The summed E-state index contributed by atoms with van der Waals surface area (Å²) in [6, 6.07) is 0. The summed E-state index contributed by atoms with van der Waals surface area (Å²) in [6.07, 6.45) is 5.25. The van der Waals surface area contributed by atoms with Crippen molar-refractivity contribution in [2.75, 3.05) is 0 Å². The smallest absolute Gasteiger partial charge is 0.192 e. The molecule has 0 heterocycles. The first-order chi connectivity index (χ1) is 8.29. The third-order valence-corrected chi connectivity index (χ3v) is 11.3. The average molecular weight is 264 g/mol. The first-order valence-corrected chi connectivity index (χ1v) is 10.9. The molecule has 4 rings (SSSR count). The highest BCUT2D eigenvalue weighted by molar-refractivity contribution is 6.74. The van der Waals surface area contributed by atoms with Crippen LogP contribution in [0.15, 0.2) is 0 Å². The Hall–Kier alpha value is 0.177. The molecule has 102 valence electrons. The fourth-order valence-corrected chi connectivity index (χ4v) is 5.82. The molecular formula is C16H28OSi. The Bertz CT molecular complexity index is 361. The van der Waals surface area contributed by atoms with E-state index in [-0.39, 0.29) is 0 Å². The summed E-state index contributed by atoms with van der Waals surface area (Å²) in [5.74, 6) is 6.37. The molecule has 4 aliphatic carbocycles. The molecule has 0 aromatic carbocycles. The Morgan fingerprint density at radius 3 is 1.61 bits per heavy atom. The summed E-state index contributed by atoms with van der Waals surface area (Å²) in [4.78, 5) is 0. The Kier molecular flexibility index (Phi) is 2.16. The topological polar surface area (TPSA) is 9.23 Å². The van der Waals surface area contributed by atoms with E-state index in [9.17, 15) is 0 Å². The van der Waals surface area contributed by atoms with Crippen LogP contribution in [0.2, 0.25) is 18.1 Å². The predicted octanol–water partition coefficient (Wildman–Crippen LogP) is 4.30. The second-order valence-corrected chi connectivity index (χ2v) is 13.8. The monoisotopic (exact) mass is 264 g/mol. The summed E-state index contributed by atoms with van der Waals surface area (Å²) in [7, 11) is -1.55. The molecule has 0 aliphatic heterocycles. The molecule has 1 unspecified atom stereocenters. The molecule has 4 aliphatic rings. The van der Waals surface area contributed by atoms with Crippen LogP contribution >= 0.6 is 0 Å². The molecule has 0 N–H and O–H groups in total. The van der Waals surface area contributed by atoms with E-state index >= 15 is 0 Å². The lowest BCUT2D eigenvalue weighted by Crippen LogP contribution is -2.45. The van der Waals surface area contributed by atoms with Crippen molar-refractivity contribution in [1.29, 1.82) is 0 Å². The van der Waals surface area contributed by atoms with Gasteiger partial charge < -0.3 is 4.43 Å². The molecule has 0 radical (unpaired) electrons. The minimum absolute atomic E-state index is 0.372. The number of rotatable bonds is 2. The zero-order chi connectivity index (χ0) is 12.9. The average Bonchev–Trinajstić information content (AvgIpc) is 3.06. The lowest BCUT2D eigenvalue weighted by atomic mass is 10.1. The largest absolute Gasteiger partial charge is 0.413 e. The number of hydrogen-bond donors (Lipinski definition) is 0. The molecule has 0 aromatic rings. The van der Waals surface area contributed by atoms with E-state index in [1.807, 2.05) is 0 Å².